The number of allylic oxidation sites excluding steroid dienone is 4. The van der Waals surface area contributed by atoms with Crippen molar-refractivity contribution in [2.24, 2.45) is 5.73 Å². The minimum absolute atomic E-state index is 0.230. The minimum Gasteiger partial charge on any atom is -0.456 e. The summed E-state index contributed by atoms with van der Waals surface area (Å²) in [6.45, 7) is 4.05. The predicted octanol–water partition coefficient (Wildman–Crippen LogP) is 1.35. The maximum Gasteiger partial charge on any atom is 0.264 e. The van der Waals surface area contributed by atoms with Crippen molar-refractivity contribution >= 4 is 0 Å². The number of nitrogens with one attached hydrogen (secondary N) is 1. The molecule has 3 N–H and O–H groups in total. The Bertz CT molecular complexity index is 878. The van der Waals surface area contributed by atoms with Crippen molar-refractivity contribution in [3.63, 3.8) is 0 Å². The van der Waals surface area contributed by atoms with E-state index in [1.165, 1.54) is 6.07 Å². The van der Waals surface area contributed by atoms with Crippen LogP contribution in [0.5, 0.6) is 0 Å². The van der Waals surface area contributed by atoms with Gasteiger partial charge in [-0.2, -0.15) is 5.10 Å². The molecule has 0 spiro atoms. The first-order valence-electron chi connectivity index (χ1n) is 9.56. The van der Waals surface area contributed by atoms with E-state index in [1.807, 2.05) is 6.08 Å². The molecule has 1 fully saturated rings. The van der Waals surface area contributed by atoms with Gasteiger partial charge in [0.2, 0.25) is 5.88 Å². The van der Waals surface area contributed by atoms with Gasteiger partial charge in [-0.15, -0.1) is 0 Å². The van der Waals surface area contributed by atoms with Gasteiger partial charge < -0.3 is 20.1 Å². The smallest absolute Gasteiger partial charge is 0.264 e. The lowest BCUT2D eigenvalue weighted by Gasteiger charge is -2.37. The summed E-state index contributed by atoms with van der Waals surface area (Å²) in [6, 6.07) is 1.27. The Morgan fingerprint density at radius 2 is 2.07 bits per heavy atom. The molecule has 3 heterocycles. The molecule has 1 aromatic rings. The third-order valence-corrected chi connectivity index (χ3v) is 5.16. The predicted molar refractivity (Wildman–Crippen MR) is 105 cm³/mol. The first-order chi connectivity index (χ1) is 13.7. The summed E-state index contributed by atoms with van der Waals surface area (Å²) in [5.74, 6) is 1.52. The van der Waals surface area contributed by atoms with Crippen molar-refractivity contribution in [1.29, 1.82) is 0 Å². The van der Waals surface area contributed by atoms with Gasteiger partial charge in [0, 0.05) is 44.8 Å². The van der Waals surface area contributed by atoms with Crippen LogP contribution in [0.25, 0.3) is 0 Å². The monoisotopic (exact) mass is 383 g/mol. The van der Waals surface area contributed by atoms with Crippen LogP contribution in [0.2, 0.25) is 0 Å². The molecule has 2 aliphatic heterocycles. The van der Waals surface area contributed by atoms with Crippen molar-refractivity contribution in [2.45, 2.75) is 18.9 Å². The Hall–Kier alpha value is -2.84. The molecule has 8 nitrogen and oxygen atoms in total. The van der Waals surface area contributed by atoms with Crippen LogP contribution >= 0.6 is 0 Å². The highest BCUT2D eigenvalue weighted by Gasteiger charge is 2.24. The summed E-state index contributed by atoms with van der Waals surface area (Å²) in [5.41, 5.74) is 7.92. The molecule has 4 rings (SSSR count). The van der Waals surface area contributed by atoms with E-state index in [1.54, 1.807) is 18.7 Å². The normalized spacial score (nSPS) is 21.2. The van der Waals surface area contributed by atoms with E-state index in [-0.39, 0.29) is 11.6 Å². The second kappa shape index (κ2) is 8.45. The largest absolute Gasteiger partial charge is 0.456 e. The van der Waals surface area contributed by atoms with Crippen molar-refractivity contribution in [3.05, 3.63) is 76.1 Å². The molecule has 1 aliphatic carbocycles. The van der Waals surface area contributed by atoms with Crippen LogP contribution in [0.4, 0.5) is 0 Å². The molecule has 0 amide bonds. The van der Waals surface area contributed by atoms with Gasteiger partial charge >= 0.3 is 0 Å². The van der Waals surface area contributed by atoms with Gasteiger partial charge in [0.05, 0.1) is 6.20 Å². The average molecular weight is 383 g/mol. The molecule has 0 aromatic carbocycles. The zero-order valence-corrected chi connectivity index (χ0v) is 15.7. The van der Waals surface area contributed by atoms with Gasteiger partial charge in [0.1, 0.15) is 6.26 Å². The molecule has 0 saturated carbocycles. The van der Waals surface area contributed by atoms with E-state index in [2.05, 4.69) is 32.1 Å². The van der Waals surface area contributed by atoms with E-state index in [9.17, 15) is 4.79 Å². The number of nitrogens with zero attached hydrogens (tertiary/aromatic N) is 3. The first-order valence-corrected chi connectivity index (χ1v) is 9.56. The Morgan fingerprint density at radius 1 is 1.21 bits per heavy atom. The molecule has 1 atom stereocenters. The Labute approximate surface area is 163 Å². The van der Waals surface area contributed by atoms with Crippen LogP contribution < -0.4 is 11.3 Å². The number of rotatable bonds is 5. The molecule has 1 unspecified atom stereocenters. The fourth-order valence-electron chi connectivity index (χ4n) is 3.52. The lowest BCUT2D eigenvalue weighted by molar-refractivity contribution is 0.0822. The molecule has 1 aromatic heterocycles. The van der Waals surface area contributed by atoms with Crippen molar-refractivity contribution < 1.29 is 9.47 Å². The summed E-state index contributed by atoms with van der Waals surface area (Å²) < 4.78 is 11.6. The van der Waals surface area contributed by atoms with E-state index >= 15 is 0 Å². The van der Waals surface area contributed by atoms with Crippen LogP contribution in [-0.4, -0.2) is 52.7 Å². The number of aromatic nitrogens is 2. The lowest BCUT2D eigenvalue weighted by atomic mass is 10.0. The summed E-state index contributed by atoms with van der Waals surface area (Å²) >= 11 is 0. The molecule has 28 heavy (non-hydrogen) atoms. The summed E-state index contributed by atoms with van der Waals surface area (Å²) in [6.07, 6.45) is 13.3. The Morgan fingerprint density at radius 3 is 2.75 bits per heavy atom. The van der Waals surface area contributed by atoms with E-state index in [4.69, 9.17) is 15.2 Å². The van der Waals surface area contributed by atoms with Crippen LogP contribution in [0.3, 0.4) is 0 Å². The minimum atomic E-state index is -0.238. The van der Waals surface area contributed by atoms with Crippen LogP contribution in [0.1, 0.15) is 24.4 Å². The highest BCUT2D eigenvalue weighted by atomic mass is 16.6. The highest BCUT2D eigenvalue weighted by molar-refractivity contribution is 5.32. The zero-order chi connectivity index (χ0) is 19.3. The van der Waals surface area contributed by atoms with E-state index < -0.39 is 0 Å². The molecule has 1 saturated heterocycles. The Kier molecular flexibility index (Phi) is 5.59. The number of hydrogen-bond acceptors (Lipinski definition) is 7. The molecule has 0 radical (unpaired) electrons. The first kappa shape index (κ1) is 18.5. The van der Waals surface area contributed by atoms with Crippen LogP contribution in [0, 0.1) is 0 Å². The number of ether oxygens (including phenoxy) is 2. The summed E-state index contributed by atoms with van der Waals surface area (Å²) in [4.78, 5) is 15.8. The highest BCUT2D eigenvalue weighted by Crippen LogP contribution is 2.26. The zero-order valence-electron chi connectivity index (χ0n) is 15.7. The fourth-order valence-corrected chi connectivity index (χ4v) is 3.52. The summed E-state index contributed by atoms with van der Waals surface area (Å²) in [5, 5.41) is 6.19. The van der Waals surface area contributed by atoms with Crippen molar-refractivity contribution in [1.82, 2.24) is 20.0 Å². The van der Waals surface area contributed by atoms with Gasteiger partial charge in [-0.25, -0.2) is 5.10 Å². The fraction of sp³-hybridized carbons (Fsp3) is 0.400. The topological polar surface area (TPSA) is 96.7 Å². The van der Waals surface area contributed by atoms with E-state index in [0.29, 0.717) is 6.54 Å². The SMILES string of the molecule is NC(CN1CCN(C2=COC(C3=CC=CCC3)=CO2)CC1)c1cn[nH]c(=O)c1. The Balaban J connectivity index is 1.27. The number of aromatic amines is 1. The van der Waals surface area contributed by atoms with E-state index in [0.717, 1.165) is 61.8 Å². The number of H-pyrrole nitrogens is 1. The van der Waals surface area contributed by atoms with Gasteiger partial charge in [-0.3, -0.25) is 9.69 Å². The third kappa shape index (κ3) is 4.35. The molecular formula is C20H25N5O3. The molecule has 0 bridgehead atoms. The number of nitrogens with two attached hydrogens (primary N) is 1. The maximum atomic E-state index is 11.4. The third-order valence-electron chi connectivity index (χ3n) is 5.16. The van der Waals surface area contributed by atoms with Gasteiger partial charge in [-0.05, 0) is 24.0 Å². The molecule has 8 heteroatoms. The summed E-state index contributed by atoms with van der Waals surface area (Å²) in [7, 11) is 0. The van der Waals surface area contributed by atoms with Crippen LogP contribution in [-0.2, 0) is 9.47 Å². The standard InChI is InChI=1S/C20H25N5O3/c21-17(16-10-19(26)23-22-11-16)12-24-6-8-25(9-7-24)20-14-27-18(13-28-20)15-4-2-1-3-5-15/h1-2,4,10-11,13-14,17H,3,5-9,12,21H2,(H,23,26). The van der Waals surface area contributed by atoms with Crippen molar-refractivity contribution in [2.75, 3.05) is 32.7 Å². The molecular weight excluding hydrogens is 358 g/mol. The maximum absolute atomic E-state index is 11.4. The number of hydrogen-bond donors (Lipinski definition) is 2. The number of piperazine rings is 1. The molecule has 3 aliphatic rings. The quantitative estimate of drug-likeness (QED) is 0.792. The van der Waals surface area contributed by atoms with Crippen molar-refractivity contribution in [3.8, 4) is 0 Å². The van der Waals surface area contributed by atoms with Gasteiger partial charge in [0.15, 0.2) is 12.0 Å². The lowest BCUT2D eigenvalue weighted by Crippen LogP contribution is -2.48. The van der Waals surface area contributed by atoms with Crippen LogP contribution in [0.15, 0.2) is 65.0 Å². The van der Waals surface area contributed by atoms with Gasteiger partial charge in [0.25, 0.3) is 5.56 Å². The second-order valence-electron chi connectivity index (χ2n) is 7.11. The average Bonchev–Trinajstić information content (AvgIpc) is 2.75. The van der Waals surface area contributed by atoms with Gasteiger partial charge in [-0.1, -0.05) is 18.2 Å². The molecule has 148 valence electrons. The second-order valence-corrected chi connectivity index (χ2v) is 7.11.